The van der Waals surface area contributed by atoms with E-state index >= 15 is 0 Å². The summed E-state index contributed by atoms with van der Waals surface area (Å²) in [5.41, 5.74) is 0.0556. The number of hydrogen-bond acceptors (Lipinski definition) is 1. The molecule has 3 atom stereocenters. The highest BCUT2D eigenvalue weighted by atomic mass is 16.3. The lowest BCUT2D eigenvalue weighted by Crippen LogP contribution is -2.60. The standard InChI is InChI=1S/C10H18O/c1-9(2)7-4-5-10(3,11)8(9)6-7/h7-8,11H,4-6H2,1-3H3/t7-,8-,10?/m1/s1. The van der Waals surface area contributed by atoms with Crippen molar-refractivity contribution in [2.45, 2.75) is 45.6 Å². The second kappa shape index (κ2) is 1.82. The van der Waals surface area contributed by atoms with Gasteiger partial charge in [-0.25, -0.2) is 0 Å². The molecule has 1 heteroatoms. The zero-order valence-corrected chi connectivity index (χ0v) is 7.72. The van der Waals surface area contributed by atoms with E-state index in [1.165, 1.54) is 12.8 Å². The van der Waals surface area contributed by atoms with Crippen molar-refractivity contribution in [2.24, 2.45) is 17.3 Å². The van der Waals surface area contributed by atoms with Gasteiger partial charge in [-0.1, -0.05) is 13.8 Å². The van der Waals surface area contributed by atoms with Gasteiger partial charge in [-0.15, -0.1) is 0 Å². The molecule has 1 unspecified atom stereocenters. The number of rotatable bonds is 0. The van der Waals surface area contributed by atoms with Crippen LogP contribution in [-0.4, -0.2) is 10.7 Å². The summed E-state index contributed by atoms with van der Waals surface area (Å²) in [6.45, 7) is 6.62. The van der Waals surface area contributed by atoms with Gasteiger partial charge < -0.3 is 5.11 Å². The van der Waals surface area contributed by atoms with Crippen LogP contribution in [0, 0.1) is 17.3 Å². The lowest BCUT2D eigenvalue weighted by Gasteiger charge is -2.62. The molecule has 1 nitrogen and oxygen atoms in total. The van der Waals surface area contributed by atoms with Gasteiger partial charge in [0, 0.05) is 0 Å². The van der Waals surface area contributed by atoms with E-state index < -0.39 is 0 Å². The summed E-state index contributed by atoms with van der Waals surface area (Å²) >= 11 is 0. The smallest absolute Gasteiger partial charge is 0.0653 e. The van der Waals surface area contributed by atoms with E-state index in [9.17, 15) is 5.11 Å². The quantitative estimate of drug-likeness (QED) is 0.567. The van der Waals surface area contributed by atoms with E-state index in [4.69, 9.17) is 0 Å². The van der Waals surface area contributed by atoms with Crippen molar-refractivity contribution in [3.05, 3.63) is 0 Å². The van der Waals surface area contributed by atoms with Crippen LogP contribution in [0.3, 0.4) is 0 Å². The van der Waals surface area contributed by atoms with E-state index in [1.54, 1.807) is 0 Å². The fourth-order valence-corrected chi connectivity index (χ4v) is 3.20. The van der Waals surface area contributed by atoms with E-state index in [2.05, 4.69) is 13.8 Å². The molecule has 3 aliphatic carbocycles. The van der Waals surface area contributed by atoms with Crippen molar-refractivity contribution in [3.63, 3.8) is 0 Å². The lowest BCUT2D eigenvalue weighted by atomic mass is 9.44. The van der Waals surface area contributed by atoms with Crippen LogP contribution in [0.1, 0.15) is 40.0 Å². The van der Waals surface area contributed by atoms with Crippen molar-refractivity contribution in [1.82, 2.24) is 0 Å². The van der Waals surface area contributed by atoms with Crippen molar-refractivity contribution >= 4 is 0 Å². The topological polar surface area (TPSA) is 20.2 Å². The molecule has 2 bridgehead atoms. The summed E-state index contributed by atoms with van der Waals surface area (Å²) in [6, 6.07) is 0. The third kappa shape index (κ3) is 0.807. The Morgan fingerprint density at radius 2 is 1.91 bits per heavy atom. The molecule has 64 valence electrons. The van der Waals surface area contributed by atoms with Crippen LogP contribution in [-0.2, 0) is 0 Å². The number of hydrogen-bond donors (Lipinski definition) is 1. The van der Waals surface area contributed by atoms with Gasteiger partial charge >= 0.3 is 0 Å². The number of fused-ring (bicyclic) bond motifs is 2. The maximum absolute atomic E-state index is 10.0. The minimum Gasteiger partial charge on any atom is -0.390 e. The van der Waals surface area contributed by atoms with E-state index in [0.29, 0.717) is 11.3 Å². The lowest BCUT2D eigenvalue weighted by molar-refractivity contribution is -0.192. The Hall–Kier alpha value is -0.0400. The highest BCUT2D eigenvalue weighted by molar-refractivity contribution is 5.08. The summed E-state index contributed by atoms with van der Waals surface area (Å²) in [5, 5.41) is 10.0. The van der Waals surface area contributed by atoms with Crippen molar-refractivity contribution < 1.29 is 5.11 Å². The summed E-state index contributed by atoms with van der Waals surface area (Å²) in [7, 11) is 0. The predicted molar refractivity (Wildman–Crippen MR) is 45.2 cm³/mol. The van der Waals surface area contributed by atoms with Crippen LogP contribution in [0.2, 0.25) is 0 Å². The summed E-state index contributed by atoms with van der Waals surface area (Å²) in [5.74, 6) is 1.46. The molecular formula is C10H18O. The Bertz CT molecular complexity index is 171. The van der Waals surface area contributed by atoms with E-state index in [1.807, 2.05) is 6.92 Å². The zero-order chi connectivity index (χ0) is 8.28. The molecule has 0 amide bonds. The highest BCUT2D eigenvalue weighted by Crippen LogP contribution is 2.62. The molecule has 11 heavy (non-hydrogen) atoms. The van der Waals surface area contributed by atoms with Crippen LogP contribution >= 0.6 is 0 Å². The molecule has 3 rings (SSSR count). The largest absolute Gasteiger partial charge is 0.390 e. The van der Waals surface area contributed by atoms with Gasteiger partial charge in [-0.3, -0.25) is 0 Å². The molecule has 0 aromatic heterocycles. The molecule has 0 radical (unpaired) electrons. The third-order valence-electron chi connectivity index (χ3n) is 4.22. The van der Waals surface area contributed by atoms with Gasteiger partial charge in [-0.2, -0.15) is 0 Å². The first-order chi connectivity index (χ1) is 4.94. The minimum absolute atomic E-state index is 0.363. The maximum Gasteiger partial charge on any atom is 0.0653 e. The predicted octanol–water partition coefficient (Wildman–Crippen LogP) is 2.19. The van der Waals surface area contributed by atoms with Crippen LogP contribution in [0.15, 0.2) is 0 Å². The van der Waals surface area contributed by atoms with Gasteiger partial charge in [0.1, 0.15) is 0 Å². The van der Waals surface area contributed by atoms with E-state index in [-0.39, 0.29) is 5.60 Å². The molecular weight excluding hydrogens is 136 g/mol. The van der Waals surface area contributed by atoms with Crippen LogP contribution in [0.25, 0.3) is 0 Å². The normalized spacial score (nSPS) is 53.5. The van der Waals surface area contributed by atoms with Crippen LogP contribution in [0.5, 0.6) is 0 Å². The van der Waals surface area contributed by atoms with Gasteiger partial charge in [0.2, 0.25) is 0 Å². The molecule has 0 aliphatic heterocycles. The average Bonchev–Trinajstić information content (AvgIpc) is 1.84. The minimum atomic E-state index is -0.363. The Balaban J connectivity index is 2.23. The Morgan fingerprint density at radius 3 is 2.18 bits per heavy atom. The van der Waals surface area contributed by atoms with Gasteiger partial charge in [0.25, 0.3) is 0 Å². The fourth-order valence-electron chi connectivity index (χ4n) is 3.20. The highest BCUT2D eigenvalue weighted by Gasteiger charge is 2.58. The van der Waals surface area contributed by atoms with E-state index in [0.717, 1.165) is 12.3 Å². The number of aliphatic hydroxyl groups is 1. The monoisotopic (exact) mass is 154 g/mol. The third-order valence-corrected chi connectivity index (χ3v) is 4.22. The average molecular weight is 154 g/mol. The van der Waals surface area contributed by atoms with Gasteiger partial charge in [0.15, 0.2) is 0 Å². The summed E-state index contributed by atoms with van der Waals surface area (Å²) in [6.07, 6.45) is 3.52. The fraction of sp³-hybridized carbons (Fsp3) is 1.00. The molecule has 0 aromatic carbocycles. The second-order valence-electron chi connectivity index (χ2n) is 5.20. The van der Waals surface area contributed by atoms with Gasteiger partial charge in [-0.05, 0) is 43.4 Å². The Kier molecular flexibility index (Phi) is 1.26. The first-order valence-electron chi connectivity index (χ1n) is 4.67. The second-order valence-corrected chi connectivity index (χ2v) is 5.20. The molecule has 1 N–H and O–H groups in total. The Labute approximate surface area is 68.8 Å². The first kappa shape index (κ1) is 7.60. The molecule has 3 aliphatic rings. The molecule has 0 aromatic rings. The maximum atomic E-state index is 10.0. The molecule has 0 saturated heterocycles. The molecule has 3 saturated carbocycles. The van der Waals surface area contributed by atoms with Crippen molar-refractivity contribution in [1.29, 1.82) is 0 Å². The zero-order valence-electron chi connectivity index (χ0n) is 7.72. The summed E-state index contributed by atoms with van der Waals surface area (Å²) in [4.78, 5) is 0. The van der Waals surface area contributed by atoms with Gasteiger partial charge in [0.05, 0.1) is 5.60 Å². The van der Waals surface area contributed by atoms with Crippen molar-refractivity contribution in [2.75, 3.05) is 0 Å². The molecule has 0 spiro atoms. The first-order valence-corrected chi connectivity index (χ1v) is 4.67. The SMILES string of the molecule is CC1(O)CC[C@@H]2C[C@@H]1C2(C)C. The summed E-state index contributed by atoms with van der Waals surface area (Å²) < 4.78 is 0. The molecule has 0 heterocycles. The van der Waals surface area contributed by atoms with Crippen LogP contribution < -0.4 is 0 Å². The Morgan fingerprint density at radius 1 is 1.27 bits per heavy atom. The molecule has 3 fully saturated rings. The van der Waals surface area contributed by atoms with Crippen LogP contribution in [0.4, 0.5) is 0 Å². The van der Waals surface area contributed by atoms with Crippen molar-refractivity contribution in [3.8, 4) is 0 Å².